The van der Waals surface area contributed by atoms with Crippen molar-refractivity contribution in [1.29, 1.82) is 0 Å². The number of hydrogen-bond donors (Lipinski definition) is 3. The molecule has 1 aromatic rings. The van der Waals surface area contributed by atoms with Crippen molar-refractivity contribution in [3.63, 3.8) is 0 Å². The second kappa shape index (κ2) is 5.22. The highest BCUT2D eigenvalue weighted by molar-refractivity contribution is 7.99. The van der Waals surface area contributed by atoms with Crippen LogP contribution in [0.4, 0.5) is 11.4 Å². The maximum atomic E-state index is 11.0. The first-order chi connectivity index (χ1) is 8.52. The Kier molecular flexibility index (Phi) is 3.85. The lowest BCUT2D eigenvalue weighted by atomic mass is 10.2. The summed E-state index contributed by atoms with van der Waals surface area (Å²) >= 11 is -0.947. The molecule has 1 heterocycles. The molecule has 1 aliphatic heterocycles. The summed E-state index contributed by atoms with van der Waals surface area (Å²) in [4.78, 5) is 10.9. The monoisotopic (exact) mass is 290 g/mol. The molecule has 0 fully saturated rings. The summed E-state index contributed by atoms with van der Waals surface area (Å²) in [5, 5.41) is 22.9. The van der Waals surface area contributed by atoms with E-state index in [4.69, 9.17) is 9.66 Å². The van der Waals surface area contributed by atoms with Gasteiger partial charge in [-0.15, -0.1) is 11.8 Å². The smallest absolute Gasteiger partial charge is 0.294 e. The molecule has 98 valence electrons. The third kappa shape index (κ3) is 2.48. The standard InChI is InChI=1S/C9H10N2O5S2/c12-3-5-4-17-8-2-6(18(15)16)1-7(11(13)14)9(8)10-5/h1-2,5,10,12H,3-4H2,(H,15,16). The minimum atomic E-state index is -2.26. The molecule has 1 aliphatic rings. The van der Waals surface area contributed by atoms with Crippen LogP contribution < -0.4 is 5.32 Å². The largest absolute Gasteiger partial charge is 0.394 e. The molecule has 18 heavy (non-hydrogen) atoms. The zero-order chi connectivity index (χ0) is 13.3. The molecule has 0 aliphatic carbocycles. The van der Waals surface area contributed by atoms with E-state index in [1.165, 1.54) is 17.8 Å². The predicted molar refractivity (Wildman–Crippen MR) is 67.4 cm³/mol. The number of rotatable bonds is 3. The van der Waals surface area contributed by atoms with Gasteiger partial charge in [0.05, 0.1) is 22.5 Å². The number of thioether (sulfide) groups is 1. The zero-order valence-corrected chi connectivity index (χ0v) is 10.7. The van der Waals surface area contributed by atoms with Crippen molar-refractivity contribution in [1.82, 2.24) is 0 Å². The lowest BCUT2D eigenvalue weighted by molar-refractivity contribution is -0.384. The highest BCUT2D eigenvalue weighted by Crippen LogP contribution is 2.41. The van der Waals surface area contributed by atoms with Gasteiger partial charge in [0.15, 0.2) is 11.1 Å². The van der Waals surface area contributed by atoms with Crippen LogP contribution in [0.1, 0.15) is 0 Å². The number of hydrogen-bond acceptors (Lipinski definition) is 6. The Labute approximate surface area is 109 Å². The van der Waals surface area contributed by atoms with Gasteiger partial charge in [-0.2, -0.15) is 0 Å². The van der Waals surface area contributed by atoms with E-state index in [0.717, 1.165) is 6.07 Å². The van der Waals surface area contributed by atoms with Crippen molar-refractivity contribution in [3.05, 3.63) is 22.2 Å². The molecule has 0 amide bonds. The number of aliphatic hydroxyl groups is 1. The van der Waals surface area contributed by atoms with Crippen LogP contribution in [0.2, 0.25) is 0 Å². The van der Waals surface area contributed by atoms with Crippen LogP contribution in [0.5, 0.6) is 0 Å². The number of nitro benzene ring substituents is 1. The van der Waals surface area contributed by atoms with Crippen LogP contribution in [-0.2, 0) is 11.1 Å². The lowest BCUT2D eigenvalue weighted by Crippen LogP contribution is -2.30. The SMILES string of the molecule is O=[N+]([O-])c1cc(S(=O)O)cc2c1NC(CO)CS2. The summed E-state index contributed by atoms with van der Waals surface area (Å²) < 4.78 is 20.0. The third-order valence-corrected chi connectivity index (χ3v) is 4.30. The summed E-state index contributed by atoms with van der Waals surface area (Å²) in [7, 11) is 0. The lowest BCUT2D eigenvalue weighted by Gasteiger charge is -2.24. The van der Waals surface area contributed by atoms with E-state index in [2.05, 4.69) is 5.32 Å². The zero-order valence-electron chi connectivity index (χ0n) is 9.03. The first-order valence-electron chi connectivity index (χ1n) is 4.96. The molecule has 0 spiro atoms. The molecule has 0 bridgehead atoms. The van der Waals surface area contributed by atoms with Crippen LogP contribution in [0.15, 0.2) is 21.9 Å². The molecule has 0 radical (unpaired) electrons. The molecule has 1 aromatic carbocycles. The third-order valence-electron chi connectivity index (χ3n) is 2.46. The highest BCUT2D eigenvalue weighted by atomic mass is 32.2. The fraction of sp³-hybridized carbons (Fsp3) is 0.333. The number of fused-ring (bicyclic) bond motifs is 1. The minimum Gasteiger partial charge on any atom is -0.394 e. The second-order valence-electron chi connectivity index (χ2n) is 3.66. The molecule has 2 rings (SSSR count). The minimum absolute atomic E-state index is 0.00259. The Morgan fingerprint density at radius 1 is 1.61 bits per heavy atom. The molecule has 0 saturated heterocycles. The summed E-state index contributed by atoms with van der Waals surface area (Å²) in [6.45, 7) is -0.128. The van der Waals surface area contributed by atoms with Crippen molar-refractivity contribution < 1.29 is 18.8 Å². The number of benzene rings is 1. The van der Waals surface area contributed by atoms with Gasteiger partial charge in [-0.1, -0.05) is 0 Å². The van der Waals surface area contributed by atoms with Gasteiger partial charge in [-0.05, 0) is 6.07 Å². The van der Waals surface area contributed by atoms with Gasteiger partial charge in [0.2, 0.25) is 0 Å². The average Bonchev–Trinajstić information content (AvgIpc) is 2.36. The molecule has 2 unspecified atom stereocenters. The molecule has 0 aromatic heterocycles. The van der Waals surface area contributed by atoms with Gasteiger partial charge >= 0.3 is 0 Å². The van der Waals surface area contributed by atoms with E-state index < -0.39 is 16.0 Å². The van der Waals surface area contributed by atoms with E-state index in [0.29, 0.717) is 16.3 Å². The van der Waals surface area contributed by atoms with Crippen molar-refractivity contribution in [2.75, 3.05) is 17.7 Å². The van der Waals surface area contributed by atoms with Gasteiger partial charge in [0, 0.05) is 16.7 Å². The van der Waals surface area contributed by atoms with Crippen molar-refractivity contribution >= 4 is 34.2 Å². The van der Waals surface area contributed by atoms with Crippen LogP contribution in [0, 0.1) is 10.1 Å². The Morgan fingerprint density at radius 3 is 2.89 bits per heavy atom. The Morgan fingerprint density at radius 2 is 2.33 bits per heavy atom. The van der Waals surface area contributed by atoms with E-state index in [1.54, 1.807) is 0 Å². The molecule has 7 nitrogen and oxygen atoms in total. The molecule has 9 heteroatoms. The first kappa shape index (κ1) is 13.3. The van der Waals surface area contributed by atoms with E-state index >= 15 is 0 Å². The topological polar surface area (TPSA) is 113 Å². The van der Waals surface area contributed by atoms with Crippen LogP contribution in [-0.4, -0.2) is 37.2 Å². The predicted octanol–water partition coefficient (Wildman–Crippen LogP) is 1.05. The van der Waals surface area contributed by atoms with E-state index in [9.17, 15) is 14.3 Å². The second-order valence-corrected chi connectivity index (χ2v) is 5.69. The van der Waals surface area contributed by atoms with Crippen molar-refractivity contribution in [3.8, 4) is 0 Å². The normalized spacial score (nSPS) is 19.8. The quantitative estimate of drug-likeness (QED) is 0.433. The van der Waals surface area contributed by atoms with Gasteiger partial charge in [0.25, 0.3) is 5.69 Å². The number of aliphatic hydroxyl groups excluding tert-OH is 1. The molecular weight excluding hydrogens is 280 g/mol. The van der Waals surface area contributed by atoms with Gasteiger partial charge in [-0.3, -0.25) is 10.1 Å². The molecular formula is C9H10N2O5S2. The Balaban J connectivity index is 2.53. The van der Waals surface area contributed by atoms with Gasteiger partial charge in [0.1, 0.15) is 5.69 Å². The van der Waals surface area contributed by atoms with Crippen molar-refractivity contribution in [2.45, 2.75) is 15.8 Å². The summed E-state index contributed by atoms with van der Waals surface area (Å²) in [5.41, 5.74) is 0.0417. The van der Waals surface area contributed by atoms with E-state index in [-0.39, 0.29) is 23.2 Å². The fourth-order valence-electron chi connectivity index (χ4n) is 1.61. The Hall–Kier alpha value is -1.16. The summed E-state index contributed by atoms with van der Waals surface area (Å²) in [5.74, 6) is 0.544. The highest BCUT2D eigenvalue weighted by Gasteiger charge is 2.27. The van der Waals surface area contributed by atoms with Crippen LogP contribution in [0.3, 0.4) is 0 Å². The van der Waals surface area contributed by atoms with Gasteiger partial charge < -0.3 is 15.0 Å². The van der Waals surface area contributed by atoms with Crippen LogP contribution in [0.25, 0.3) is 0 Å². The summed E-state index contributed by atoms with van der Waals surface area (Å²) in [6, 6.07) is 2.26. The maximum Gasteiger partial charge on any atom is 0.294 e. The summed E-state index contributed by atoms with van der Waals surface area (Å²) in [6.07, 6.45) is 0. The number of nitrogens with zero attached hydrogens (tertiary/aromatic N) is 1. The molecule has 0 saturated carbocycles. The molecule has 2 atom stereocenters. The van der Waals surface area contributed by atoms with Gasteiger partial charge in [-0.25, -0.2) is 4.21 Å². The van der Waals surface area contributed by atoms with Crippen LogP contribution >= 0.6 is 11.8 Å². The van der Waals surface area contributed by atoms with Crippen molar-refractivity contribution in [2.24, 2.45) is 0 Å². The average molecular weight is 290 g/mol. The number of nitro groups is 1. The number of anilines is 1. The number of nitrogens with one attached hydrogen (secondary N) is 1. The Bertz CT molecular complexity index is 522. The maximum absolute atomic E-state index is 11.0. The fourth-order valence-corrected chi connectivity index (χ4v) is 3.21. The van der Waals surface area contributed by atoms with E-state index in [1.807, 2.05) is 0 Å². The first-order valence-corrected chi connectivity index (χ1v) is 7.05. The molecule has 3 N–H and O–H groups in total.